The van der Waals surface area contributed by atoms with Gasteiger partial charge in [0.15, 0.2) is 0 Å². The molecule has 3 nitrogen and oxygen atoms in total. The highest BCUT2D eigenvalue weighted by atomic mass is 32.2. The number of benzene rings is 1. The van der Waals surface area contributed by atoms with E-state index in [1.54, 1.807) is 36.0 Å². The number of aliphatic hydroxyl groups is 1. The van der Waals surface area contributed by atoms with Crippen LogP contribution in [-0.2, 0) is 4.79 Å². The summed E-state index contributed by atoms with van der Waals surface area (Å²) < 4.78 is 0. The van der Waals surface area contributed by atoms with Crippen LogP contribution in [0, 0.1) is 17.2 Å². The van der Waals surface area contributed by atoms with Gasteiger partial charge in [0.25, 0.3) is 0 Å². The van der Waals surface area contributed by atoms with Gasteiger partial charge in [0.1, 0.15) is 5.78 Å². The number of nitrogens with zero attached hydrogens (tertiary/aromatic N) is 1. The van der Waals surface area contributed by atoms with Crippen molar-refractivity contribution in [1.29, 1.82) is 5.26 Å². The van der Waals surface area contributed by atoms with E-state index in [-0.39, 0.29) is 11.7 Å². The minimum atomic E-state index is -0.747. The highest BCUT2D eigenvalue weighted by Gasteiger charge is 2.30. The lowest BCUT2D eigenvalue weighted by Gasteiger charge is -2.25. The van der Waals surface area contributed by atoms with E-state index in [4.69, 9.17) is 5.26 Å². The number of Topliss-reactive ketones (excluding diaryl/α,β-unsaturated/α-hetero) is 1. The van der Waals surface area contributed by atoms with Crippen molar-refractivity contribution in [3.05, 3.63) is 35.4 Å². The van der Waals surface area contributed by atoms with Crippen LogP contribution in [0.5, 0.6) is 0 Å². The van der Waals surface area contributed by atoms with Gasteiger partial charge in [-0.15, -0.1) is 0 Å². The van der Waals surface area contributed by atoms with Crippen molar-refractivity contribution in [3.8, 4) is 6.07 Å². The Bertz CT molecular complexity index is 449. The van der Waals surface area contributed by atoms with Crippen LogP contribution in [-0.4, -0.2) is 22.4 Å². The van der Waals surface area contributed by atoms with Crippen molar-refractivity contribution in [2.75, 3.05) is 11.5 Å². The molecule has 0 unspecified atom stereocenters. The Kier molecular flexibility index (Phi) is 3.82. The first-order valence-electron chi connectivity index (χ1n) is 5.51. The standard InChI is InChI=1S/C13H13NO2S/c14-7-9-1-3-10(4-2-9)13(16)11-8-17-6-5-12(11)15/h1-4,11,13,16H,5-6,8H2/t11-,13+/m0/s1. The van der Waals surface area contributed by atoms with E-state index in [0.29, 0.717) is 23.3 Å². The fourth-order valence-corrected chi connectivity index (χ4v) is 3.05. The van der Waals surface area contributed by atoms with Gasteiger partial charge >= 0.3 is 0 Å². The minimum Gasteiger partial charge on any atom is -0.388 e. The molecule has 0 aliphatic carbocycles. The summed E-state index contributed by atoms with van der Waals surface area (Å²) in [5.41, 5.74) is 1.27. The molecule has 1 aromatic rings. The van der Waals surface area contributed by atoms with E-state index < -0.39 is 6.10 Å². The third-order valence-electron chi connectivity index (χ3n) is 2.97. The molecule has 1 heterocycles. The molecule has 4 heteroatoms. The SMILES string of the molecule is N#Cc1ccc([C@@H](O)[C@H]2CSCCC2=O)cc1. The lowest BCUT2D eigenvalue weighted by atomic mass is 9.91. The smallest absolute Gasteiger partial charge is 0.140 e. The van der Waals surface area contributed by atoms with Crippen LogP contribution in [0.4, 0.5) is 0 Å². The number of hydrogen-bond donors (Lipinski definition) is 1. The molecule has 1 aromatic carbocycles. The van der Waals surface area contributed by atoms with Crippen LogP contribution < -0.4 is 0 Å². The quantitative estimate of drug-likeness (QED) is 0.867. The van der Waals surface area contributed by atoms with Crippen LogP contribution in [0.15, 0.2) is 24.3 Å². The Morgan fingerprint density at radius 1 is 1.41 bits per heavy atom. The molecule has 0 saturated carbocycles. The number of ketones is 1. The third kappa shape index (κ3) is 2.68. The lowest BCUT2D eigenvalue weighted by molar-refractivity contribution is -0.125. The Morgan fingerprint density at radius 2 is 2.12 bits per heavy atom. The Balaban J connectivity index is 2.15. The number of rotatable bonds is 2. The first-order valence-corrected chi connectivity index (χ1v) is 6.66. The van der Waals surface area contributed by atoms with E-state index in [9.17, 15) is 9.90 Å². The molecule has 0 aromatic heterocycles. The van der Waals surface area contributed by atoms with E-state index in [0.717, 1.165) is 5.75 Å². The average molecular weight is 247 g/mol. The fourth-order valence-electron chi connectivity index (χ4n) is 1.92. The first-order chi connectivity index (χ1) is 8.22. The zero-order valence-corrected chi connectivity index (χ0v) is 10.1. The molecule has 88 valence electrons. The van der Waals surface area contributed by atoms with E-state index in [1.807, 2.05) is 6.07 Å². The average Bonchev–Trinajstić information content (AvgIpc) is 2.39. The molecule has 1 fully saturated rings. The molecule has 2 atom stereocenters. The van der Waals surface area contributed by atoms with Gasteiger partial charge in [-0.05, 0) is 17.7 Å². The summed E-state index contributed by atoms with van der Waals surface area (Å²) in [5.74, 6) is 1.37. The molecule has 0 amide bonds. The minimum absolute atomic E-state index is 0.139. The van der Waals surface area contributed by atoms with Crippen molar-refractivity contribution in [2.45, 2.75) is 12.5 Å². The summed E-state index contributed by atoms with van der Waals surface area (Å²) in [5, 5.41) is 18.9. The van der Waals surface area contributed by atoms with Crippen molar-refractivity contribution in [2.24, 2.45) is 5.92 Å². The predicted octanol–water partition coefficient (Wildman–Crippen LogP) is 1.91. The van der Waals surface area contributed by atoms with Gasteiger partial charge in [-0.2, -0.15) is 17.0 Å². The maximum Gasteiger partial charge on any atom is 0.140 e. The van der Waals surface area contributed by atoms with Crippen LogP contribution in [0.1, 0.15) is 23.7 Å². The fraction of sp³-hybridized carbons (Fsp3) is 0.385. The maximum absolute atomic E-state index is 11.7. The molecule has 17 heavy (non-hydrogen) atoms. The number of carbonyl (C=O) groups excluding carboxylic acids is 1. The highest BCUT2D eigenvalue weighted by molar-refractivity contribution is 7.99. The zero-order chi connectivity index (χ0) is 12.3. The second kappa shape index (κ2) is 5.35. The van der Waals surface area contributed by atoms with Gasteiger partial charge in [0.05, 0.1) is 23.7 Å². The second-order valence-electron chi connectivity index (χ2n) is 4.08. The van der Waals surface area contributed by atoms with Gasteiger partial charge in [0.2, 0.25) is 0 Å². The molecule has 1 saturated heterocycles. The van der Waals surface area contributed by atoms with E-state index >= 15 is 0 Å². The zero-order valence-electron chi connectivity index (χ0n) is 9.30. The van der Waals surface area contributed by atoms with Crippen LogP contribution in [0.3, 0.4) is 0 Å². The summed E-state index contributed by atoms with van der Waals surface area (Å²) in [4.78, 5) is 11.7. The van der Waals surface area contributed by atoms with Crippen LogP contribution >= 0.6 is 11.8 Å². The molecule has 0 bridgehead atoms. The molecule has 0 spiro atoms. The first kappa shape index (κ1) is 12.2. The molecule has 1 aliphatic heterocycles. The van der Waals surface area contributed by atoms with E-state index in [2.05, 4.69) is 0 Å². The molecule has 0 radical (unpaired) electrons. The number of nitriles is 1. The topological polar surface area (TPSA) is 61.1 Å². The van der Waals surface area contributed by atoms with Crippen LogP contribution in [0.25, 0.3) is 0 Å². The monoisotopic (exact) mass is 247 g/mol. The summed E-state index contributed by atoms with van der Waals surface area (Å²) >= 11 is 1.70. The molecule has 1 N–H and O–H groups in total. The molecular formula is C13H13NO2S. The lowest BCUT2D eigenvalue weighted by Crippen LogP contribution is -2.28. The Hall–Kier alpha value is -1.31. The number of aliphatic hydroxyl groups excluding tert-OH is 1. The summed E-state index contributed by atoms with van der Waals surface area (Å²) in [6.45, 7) is 0. The third-order valence-corrected chi connectivity index (χ3v) is 4.05. The second-order valence-corrected chi connectivity index (χ2v) is 5.23. The predicted molar refractivity (Wildman–Crippen MR) is 66.6 cm³/mol. The van der Waals surface area contributed by atoms with Crippen molar-refractivity contribution >= 4 is 17.5 Å². The van der Waals surface area contributed by atoms with Gasteiger partial charge in [0, 0.05) is 17.9 Å². The van der Waals surface area contributed by atoms with E-state index in [1.165, 1.54) is 0 Å². The van der Waals surface area contributed by atoms with Crippen molar-refractivity contribution in [1.82, 2.24) is 0 Å². The number of carbonyl (C=O) groups is 1. The van der Waals surface area contributed by atoms with Gasteiger partial charge in [-0.3, -0.25) is 4.79 Å². The van der Waals surface area contributed by atoms with Crippen molar-refractivity contribution in [3.63, 3.8) is 0 Å². The van der Waals surface area contributed by atoms with Gasteiger partial charge in [-0.1, -0.05) is 12.1 Å². The van der Waals surface area contributed by atoms with Crippen LogP contribution in [0.2, 0.25) is 0 Å². The summed E-state index contributed by atoms with van der Waals surface area (Å²) in [6, 6.07) is 8.80. The molecule has 2 rings (SSSR count). The van der Waals surface area contributed by atoms with Crippen molar-refractivity contribution < 1.29 is 9.90 Å². The highest BCUT2D eigenvalue weighted by Crippen LogP contribution is 2.30. The number of thioether (sulfide) groups is 1. The van der Waals surface area contributed by atoms with Gasteiger partial charge < -0.3 is 5.11 Å². The summed E-state index contributed by atoms with van der Waals surface area (Å²) in [7, 11) is 0. The molecule has 1 aliphatic rings. The maximum atomic E-state index is 11.7. The Labute approximate surface area is 104 Å². The Morgan fingerprint density at radius 3 is 2.71 bits per heavy atom. The normalized spacial score (nSPS) is 21.9. The summed E-state index contributed by atoms with van der Waals surface area (Å²) in [6.07, 6.45) is -0.203. The molecular weight excluding hydrogens is 234 g/mol. The number of hydrogen-bond acceptors (Lipinski definition) is 4. The van der Waals surface area contributed by atoms with Gasteiger partial charge in [-0.25, -0.2) is 0 Å². The largest absolute Gasteiger partial charge is 0.388 e.